The van der Waals surface area contributed by atoms with Crippen LogP contribution in [0, 0.1) is 0 Å². The summed E-state index contributed by atoms with van der Waals surface area (Å²) in [6.45, 7) is 0.133. The number of likely N-dealkylation sites (N-methyl/N-ethyl adjacent to an activating group) is 2. The summed E-state index contributed by atoms with van der Waals surface area (Å²) in [5.41, 5.74) is 1.26. The van der Waals surface area contributed by atoms with Crippen LogP contribution in [0.15, 0.2) is 24.3 Å². The second-order valence-corrected chi connectivity index (χ2v) is 4.29. The van der Waals surface area contributed by atoms with Crippen LogP contribution in [-0.2, 0) is 9.59 Å². The molecule has 0 atom stereocenters. The van der Waals surface area contributed by atoms with Gasteiger partial charge >= 0.3 is 5.97 Å². The number of carbonyl (C=O) groups is 2. The Hall–Kier alpha value is -2.01. The minimum absolute atomic E-state index is 0.133. The van der Waals surface area contributed by atoms with Crippen LogP contribution in [0.25, 0.3) is 6.08 Å². The van der Waals surface area contributed by atoms with E-state index in [0.717, 1.165) is 6.08 Å². The number of hydrogen-bond acceptors (Lipinski definition) is 3. The first-order valence-corrected chi connectivity index (χ1v) is 5.94. The van der Waals surface area contributed by atoms with Gasteiger partial charge in [0.25, 0.3) is 0 Å². The van der Waals surface area contributed by atoms with Gasteiger partial charge in [0.2, 0.25) is 5.91 Å². The van der Waals surface area contributed by atoms with E-state index in [9.17, 15) is 9.59 Å². The van der Waals surface area contributed by atoms with E-state index in [1.807, 2.05) is 0 Å². The smallest absolute Gasteiger partial charge is 0.328 e. The lowest BCUT2D eigenvalue weighted by Gasteiger charge is -2.21. The first kappa shape index (κ1) is 15.0. The maximum atomic E-state index is 11.4. The molecule has 2 N–H and O–H groups in total. The molecule has 1 rings (SSSR count). The van der Waals surface area contributed by atoms with Crippen molar-refractivity contribution in [3.63, 3.8) is 0 Å². The van der Waals surface area contributed by atoms with Gasteiger partial charge in [0.15, 0.2) is 0 Å². The number of hydrogen-bond donors (Lipinski definition) is 2. The molecule has 0 saturated heterocycles. The Morgan fingerprint density at radius 1 is 1.47 bits per heavy atom. The zero-order chi connectivity index (χ0) is 14.4. The SMILES string of the molecule is CNC(=O)CN(C)c1c(Cl)cccc1/C=C/C(=O)O. The zero-order valence-electron chi connectivity index (χ0n) is 10.7. The highest BCUT2D eigenvalue weighted by molar-refractivity contribution is 6.33. The number of carboxylic acid groups (broad SMARTS) is 1. The number of aliphatic carboxylic acids is 1. The molecule has 0 fully saturated rings. The van der Waals surface area contributed by atoms with E-state index in [0.29, 0.717) is 16.3 Å². The molecule has 102 valence electrons. The van der Waals surface area contributed by atoms with E-state index < -0.39 is 5.97 Å². The lowest BCUT2D eigenvalue weighted by Crippen LogP contribution is -2.33. The predicted octanol–water partition coefficient (Wildman–Crippen LogP) is 1.62. The number of halogens is 1. The highest BCUT2D eigenvalue weighted by atomic mass is 35.5. The van der Waals surface area contributed by atoms with Crippen molar-refractivity contribution >= 4 is 35.2 Å². The van der Waals surface area contributed by atoms with Crippen LogP contribution < -0.4 is 10.2 Å². The minimum Gasteiger partial charge on any atom is -0.478 e. The average Bonchev–Trinajstić information content (AvgIpc) is 2.35. The summed E-state index contributed by atoms with van der Waals surface area (Å²) in [6.07, 6.45) is 2.48. The summed E-state index contributed by atoms with van der Waals surface area (Å²) in [7, 11) is 3.27. The van der Waals surface area contributed by atoms with E-state index in [4.69, 9.17) is 16.7 Å². The summed E-state index contributed by atoms with van der Waals surface area (Å²) < 4.78 is 0. The summed E-state index contributed by atoms with van der Waals surface area (Å²) in [6, 6.07) is 5.15. The number of amides is 1. The second-order valence-electron chi connectivity index (χ2n) is 3.88. The molecule has 0 unspecified atom stereocenters. The number of nitrogens with one attached hydrogen (secondary N) is 1. The molecule has 1 aromatic rings. The van der Waals surface area contributed by atoms with Crippen LogP contribution in [-0.4, -0.2) is 37.6 Å². The zero-order valence-corrected chi connectivity index (χ0v) is 11.4. The van der Waals surface area contributed by atoms with Gasteiger partial charge in [-0.15, -0.1) is 0 Å². The number of carboxylic acids is 1. The molecule has 1 aromatic carbocycles. The third kappa shape index (κ3) is 4.30. The first-order valence-electron chi connectivity index (χ1n) is 5.57. The maximum Gasteiger partial charge on any atom is 0.328 e. The number of carbonyl (C=O) groups excluding carboxylic acids is 1. The molecule has 0 aliphatic rings. The summed E-state index contributed by atoms with van der Waals surface area (Å²) >= 11 is 6.11. The topological polar surface area (TPSA) is 69.6 Å². The minimum atomic E-state index is -1.04. The van der Waals surface area contributed by atoms with Crippen LogP contribution >= 0.6 is 11.6 Å². The summed E-state index contributed by atoms with van der Waals surface area (Å²) in [4.78, 5) is 23.6. The fourth-order valence-corrected chi connectivity index (χ4v) is 1.93. The number of para-hydroxylation sites is 1. The van der Waals surface area contributed by atoms with Crippen molar-refractivity contribution in [2.24, 2.45) is 0 Å². The molecule has 19 heavy (non-hydrogen) atoms. The van der Waals surface area contributed by atoms with Crippen molar-refractivity contribution in [2.75, 3.05) is 25.5 Å². The van der Waals surface area contributed by atoms with E-state index in [1.165, 1.54) is 6.08 Å². The number of anilines is 1. The monoisotopic (exact) mass is 282 g/mol. The normalized spacial score (nSPS) is 10.5. The molecule has 1 amide bonds. The summed E-state index contributed by atoms with van der Waals surface area (Å²) in [5.74, 6) is -1.20. The molecule has 0 aromatic heterocycles. The highest BCUT2D eigenvalue weighted by Gasteiger charge is 2.12. The molecular weight excluding hydrogens is 268 g/mol. The van der Waals surface area contributed by atoms with Gasteiger partial charge in [-0.2, -0.15) is 0 Å². The Labute approximate surface area is 116 Å². The van der Waals surface area contributed by atoms with Crippen molar-refractivity contribution in [3.05, 3.63) is 34.9 Å². The molecule has 0 heterocycles. The van der Waals surface area contributed by atoms with Gasteiger partial charge in [-0.3, -0.25) is 4.79 Å². The van der Waals surface area contributed by atoms with Gasteiger partial charge in [0.1, 0.15) is 0 Å². The second kappa shape index (κ2) is 6.80. The molecule has 0 saturated carbocycles. The van der Waals surface area contributed by atoms with Crippen LogP contribution in [0.3, 0.4) is 0 Å². The Morgan fingerprint density at radius 2 is 2.16 bits per heavy atom. The first-order chi connectivity index (χ1) is 8.95. The van der Waals surface area contributed by atoms with Crippen molar-refractivity contribution in [1.29, 1.82) is 0 Å². The van der Waals surface area contributed by atoms with Gasteiger partial charge in [0.05, 0.1) is 17.3 Å². The van der Waals surface area contributed by atoms with Crippen molar-refractivity contribution in [2.45, 2.75) is 0 Å². The van der Waals surface area contributed by atoms with Crippen molar-refractivity contribution < 1.29 is 14.7 Å². The lowest BCUT2D eigenvalue weighted by molar-refractivity contribution is -0.131. The number of rotatable bonds is 5. The Balaban J connectivity index is 3.10. The number of benzene rings is 1. The van der Waals surface area contributed by atoms with Gasteiger partial charge in [0, 0.05) is 20.2 Å². The molecule has 0 bridgehead atoms. The van der Waals surface area contributed by atoms with Gasteiger partial charge in [-0.1, -0.05) is 23.7 Å². The van der Waals surface area contributed by atoms with Crippen molar-refractivity contribution in [3.8, 4) is 0 Å². The van der Waals surface area contributed by atoms with E-state index in [-0.39, 0.29) is 12.5 Å². The lowest BCUT2D eigenvalue weighted by atomic mass is 10.1. The van der Waals surface area contributed by atoms with Crippen LogP contribution in [0.4, 0.5) is 5.69 Å². The van der Waals surface area contributed by atoms with Crippen LogP contribution in [0.5, 0.6) is 0 Å². The van der Waals surface area contributed by atoms with Gasteiger partial charge < -0.3 is 15.3 Å². The Morgan fingerprint density at radius 3 is 2.74 bits per heavy atom. The molecule has 0 aliphatic carbocycles. The Kier molecular flexibility index (Phi) is 5.38. The fourth-order valence-electron chi connectivity index (χ4n) is 1.60. The Bertz CT molecular complexity index is 515. The maximum absolute atomic E-state index is 11.4. The molecule has 6 heteroatoms. The largest absolute Gasteiger partial charge is 0.478 e. The van der Waals surface area contributed by atoms with E-state index in [2.05, 4.69) is 5.32 Å². The third-order valence-electron chi connectivity index (χ3n) is 2.46. The molecular formula is C13H15ClN2O3. The van der Waals surface area contributed by atoms with Gasteiger partial charge in [-0.05, 0) is 17.7 Å². The third-order valence-corrected chi connectivity index (χ3v) is 2.77. The van der Waals surface area contributed by atoms with Crippen LogP contribution in [0.2, 0.25) is 5.02 Å². The standard InChI is InChI=1S/C13H15ClN2O3/c1-15-11(17)8-16(2)13-9(6-7-12(18)19)4-3-5-10(13)14/h3-7H,8H2,1-2H3,(H,15,17)(H,18,19)/b7-6+. The number of nitrogens with zero attached hydrogens (tertiary/aromatic N) is 1. The fraction of sp³-hybridized carbons (Fsp3) is 0.231. The molecule has 0 radical (unpaired) electrons. The van der Waals surface area contributed by atoms with Crippen LogP contribution in [0.1, 0.15) is 5.56 Å². The average molecular weight is 283 g/mol. The quantitative estimate of drug-likeness (QED) is 0.805. The van der Waals surface area contributed by atoms with E-state index >= 15 is 0 Å². The predicted molar refractivity (Wildman–Crippen MR) is 75.5 cm³/mol. The highest BCUT2D eigenvalue weighted by Crippen LogP contribution is 2.29. The van der Waals surface area contributed by atoms with E-state index in [1.54, 1.807) is 37.2 Å². The summed E-state index contributed by atoms with van der Waals surface area (Å²) in [5, 5.41) is 11.6. The van der Waals surface area contributed by atoms with Gasteiger partial charge in [-0.25, -0.2) is 4.79 Å². The molecule has 5 nitrogen and oxygen atoms in total. The van der Waals surface area contributed by atoms with Crippen molar-refractivity contribution in [1.82, 2.24) is 5.32 Å². The molecule has 0 aliphatic heterocycles. The molecule has 0 spiro atoms.